The molecule has 7 nitrogen and oxygen atoms in total. The number of rotatable bonds is 5. The molecule has 0 aliphatic carbocycles. The molecule has 1 saturated heterocycles. The van der Waals surface area contributed by atoms with Gasteiger partial charge in [-0.2, -0.15) is 5.10 Å². The number of aryl methyl sites for hydroxylation is 2. The van der Waals surface area contributed by atoms with Crippen LogP contribution in [-0.2, 0) is 6.67 Å². The smallest absolute Gasteiger partial charge is 0.270 e. The summed E-state index contributed by atoms with van der Waals surface area (Å²) in [6.07, 6.45) is 3.86. The number of non-ortho nitro benzene ring substituents is 1. The third-order valence-corrected chi connectivity index (χ3v) is 5.49. The van der Waals surface area contributed by atoms with Gasteiger partial charge < -0.3 is 4.74 Å². The Kier molecular flexibility index (Phi) is 5.00. The number of likely N-dealkylation sites (tertiary alicyclic amines) is 1. The van der Waals surface area contributed by atoms with Crippen molar-refractivity contribution in [3.05, 3.63) is 63.8 Å². The summed E-state index contributed by atoms with van der Waals surface area (Å²) >= 11 is 0. The zero-order valence-corrected chi connectivity index (χ0v) is 16.2. The molecule has 28 heavy (non-hydrogen) atoms. The van der Waals surface area contributed by atoms with E-state index in [0.29, 0.717) is 6.67 Å². The summed E-state index contributed by atoms with van der Waals surface area (Å²) in [4.78, 5) is 12.9. The summed E-state index contributed by atoms with van der Waals surface area (Å²) in [6, 6.07) is 11.1. The Bertz CT molecular complexity index is 1010. The molecule has 4 rings (SSSR count). The number of nitro groups is 1. The predicted molar refractivity (Wildman–Crippen MR) is 108 cm³/mol. The average Bonchev–Trinajstić information content (AvgIpc) is 3.08. The van der Waals surface area contributed by atoms with Gasteiger partial charge in [-0.25, -0.2) is 0 Å². The molecule has 0 N–H and O–H groups in total. The van der Waals surface area contributed by atoms with Gasteiger partial charge in [0, 0.05) is 30.6 Å². The Morgan fingerprint density at radius 1 is 1.14 bits per heavy atom. The van der Waals surface area contributed by atoms with Crippen LogP contribution in [0.15, 0.2) is 42.6 Å². The molecule has 1 aliphatic rings. The summed E-state index contributed by atoms with van der Waals surface area (Å²) in [5.74, 6) is 0.946. The molecule has 0 radical (unpaired) electrons. The average molecular weight is 380 g/mol. The van der Waals surface area contributed by atoms with Crippen LogP contribution in [-0.4, -0.2) is 38.8 Å². The highest BCUT2D eigenvalue weighted by atomic mass is 16.6. The maximum Gasteiger partial charge on any atom is 0.270 e. The third kappa shape index (κ3) is 3.84. The SMILES string of the molecule is Cc1ccc(OC2CCN(Cn3ncc4cc([N+](=O)[O-])ccc43)CC2)cc1C. The van der Waals surface area contributed by atoms with Crippen molar-refractivity contribution in [2.75, 3.05) is 13.1 Å². The molecular formula is C21H24N4O3. The van der Waals surface area contributed by atoms with Crippen LogP contribution < -0.4 is 4.74 Å². The van der Waals surface area contributed by atoms with Gasteiger partial charge >= 0.3 is 0 Å². The Morgan fingerprint density at radius 2 is 1.93 bits per heavy atom. The van der Waals surface area contributed by atoms with E-state index >= 15 is 0 Å². The number of hydrogen-bond acceptors (Lipinski definition) is 5. The van der Waals surface area contributed by atoms with Crippen molar-refractivity contribution in [3.63, 3.8) is 0 Å². The van der Waals surface area contributed by atoms with E-state index in [1.807, 2.05) is 10.7 Å². The summed E-state index contributed by atoms with van der Waals surface area (Å²) in [5, 5.41) is 16.1. The largest absolute Gasteiger partial charge is 0.490 e. The molecule has 146 valence electrons. The molecule has 7 heteroatoms. The number of benzene rings is 2. The summed E-state index contributed by atoms with van der Waals surface area (Å²) in [5.41, 5.74) is 3.54. The van der Waals surface area contributed by atoms with E-state index in [9.17, 15) is 10.1 Å². The van der Waals surface area contributed by atoms with Gasteiger partial charge in [0.05, 0.1) is 23.3 Å². The van der Waals surface area contributed by atoms with Gasteiger partial charge in [0.1, 0.15) is 11.9 Å². The fourth-order valence-electron chi connectivity index (χ4n) is 3.64. The van der Waals surface area contributed by atoms with Gasteiger partial charge in [0.15, 0.2) is 0 Å². The van der Waals surface area contributed by atoms with E-state index in [1.165, 1.54) is 17.2 Å². The molecule has 1 aliphatic heterocycles. The molecule has 0 saturated carbocycles. The van der Waals surface area contributed by atoms with Crippen LogP contribution in [0.25, 0.3) is 10.9 Å². The first-order valence-electron chi connectivity index (χ1n) is 9.56. The Morgan fingerprint density at radius 3 is 2.64 bits per heavy atom. The summed E-state index contributed by atoms with van der Waals surface area (Å²) < 4.78 is 8.07. The fourth-order valence-corrected chi connectivity index (χ4v) is 3.64. The standard InChI is InChI=1S/C21H24N4O3/c1-15-3-5-20(11-16(15)2)28-19-7-9-23(10-8-19)14-24-21-6-4-18(25(26)27)12-17(21)13-22-24/h3-6,11-13,19H,7-10,14H2,1-2H3. The zero-order valence-electron chi connectivity index (χ0n) is 16.2. The van der Waals surface area contributed by atoms with E-state index in [4.69, 9.17) is 4.74 Å². The summed E-state index contributed by atoms with van der Waals surface area (Å²) in [7, 11) is 0. The Labute approximate surface area is 163 Å². The minimum absolute atomic E-state index is 0.0938. The molecule has 0 atom stereocenters. The quantitative estimate of drug-likeness (QED) is 0.493. The second-order valence-corrected chi connectivity index (χ2v) is 7.47. The maximum absolute atomic E-state index is 10.9. The van der Waals surface area contributed by atoms with Crippen LogP contribution in [0.1, 0.15) is 24.0 Å². The highest BCUT2D eigenvalue weighted by Crippen LogP contribution is 2.24. The first-order chi connectivity index (χ1) is 13.5. The number of ether oxygens (including phenoxy) is 1. The molecule has 0 bridgehead atoms. The van der Waals surface area contributed by atoms with E-state index in [0.717, 1.165) is 42.6 Å². The topological polar surface area (TPSA) is 73.4 Å². The Hall–Kier alpha value is -2.93. The van der Waals surface area contributed by atoms with Crippen molar-refractivity contribution in [2.45, 2.75) is 39.5 Å². The molecule has 0 unspecified atom stereocenters. The lowest BCUT2D eigenvalue weighted by Gasteiger charge is -2.32. The van der Waals surface area contributed by atoms with Crippen molar-refractivity contribution < 1.29 is 9.66 Å². The lowest BCUT2D eigenvalue weighted by atomic mass is 10.1. The van der Waals surface area contributed by atoms with Gasteiger partial charge in [0.2, 0.25) is 0 Å². The number of hydrogen-bond donors (Lipinski definition) is 0. The molecule has 3 aromatic rings. The number of nitrogens with zero attached hydrogens (tertiary/aromatic N) is 4. The highest BCUT2D eigenvalue weighted by molar-refractivity contribution is 5.81. The van der Waals surface area contributed by atoms with Gasteiger partial charge in [-0.3, -0.25) is 19.7 Å². The van der Waals surface area contributed by atoms with E-state index < -0.39 is 0 Å². The second kappa shape index (κ2) is 7.59. The van der Waals surface area contributed by atoms with Crippen molar-refractivity contribution in [1.82, 2.24) is 14.7 Å². The van der Waals surface area contributed by atoms with Crippen molar-refractivity contribution >= 4 is 16.6 Å². The second-order valence-electron chi connectivity index (χ2n) is 7.47. The van der Waals surface area contributed by atoms with Crippen LogP contribution in [0.3, 0.4) is 0 Å². The van der Waals surface area contributed by atoms with Crippen LogP contribution in [0, 0.1) is 24.0 Å². The monoisotopic (exact) mass is 380 g/mol. The first-order valence-corrected chi connectivity index (χ1v) is 9.56. The van der Waals surface area contributed by atoms with Gasteiger partial charge in [-0.1, -0.05) is 6.07 Å². The van der Waals surface area contributed by atoms with Crippen LogP contribution in [0.2, 0.25) is 0 Å². The van der Waals surface area contributed by atoms with Crippen molar-refractivity contribution in [2.24, 2.45) is 0 Å². The van der Waals surface area contributed by atoms with Crippen molar-refractivity contribution in [3.8, 4) is 5.75 Å². The lowest BCUT2D eigenvalue weighted by molar-refractivity contribution is -0.384. The highest BCUT2D eigenvalue weighted by Gasteiger charge is 2.21. The number of nitro benzene ring substituents is 1. The van der Waals surface area contributed by atoms with E-state index in [1.54, 1.807) is 18.3 Å². The van der Waals surface area contributed by atoms with Gasteiger partial charge in [-0.15, -0.1) is 0 Å². The molecule has 0 spiro atoms. The van der Waals surface area contributed by atoms with Crippen molar-refractivity contribution in [1.29, 1.82) is 0 Å². The van der Waals surface area contributed by atoms with Gasteiger partial charge in [-0.05, 0) is 56.0 Å². The zero-order chi connectivity index (χ0) is 19.7. The summed E-state index contributed by atoms with van der Waals surface area (Å²) in [6.45, 7) is 6.76. The van der Waals surface area contributed by atoms with Crippen LogP contribution in [0.5, 0.6) is 5.75 Å². The normalized spacial score (nSPS) is 15.8. The predicted octanol–water partition coefficient (Wildman–Crippen LogP) is 4.06. The number of fused-ring (bicyclic) bond motifs is 1. The Balaban J connectivity index is 1.36. The number of piperidine rings is 1. The molecule has 2 aromatic carbocycles. The minimum atomic E-state index is -0.378. The fraction of sp³-hybridized carbons (Fsp3) is 0.381. The molecule has 0 amide bonds. The minimum Gasteiger partial charge on any atom is -0.490 e. The molecular weight excluding hydrogens is 356 g/mol. The first kappa shape index (κ1) is 18.4. The molecule has 2 heterocycles. The number of aromatic nitrogens is 2. The van der Waals surface area contributed by atoms with Crippen LogP contribution >= 0.6 is 0 Å². The van der Waals surface area contributed by atoms with Crippen LogP contribution in [0.4, 0.5) is 5.69 Å². The molecule has 1 aromatic heterocycles. The molecule has 1 fully saturated rings. The van der Waals surface area contributed by atoms with E-state index in [-0.39, 0.29) is 16.7 Å². The lowest BCUT2D eigenvalue weighted by Crippen LogP contribution is -2.39. The van der Waals surface area contributed by atoms with Gasteiger partial charge in [0.25, 0.3) is 5.69 Å². The maximum atomic E-state index is 10.9. The van der Waals surface area contributed by atoms with E-state index in [2.05, 4.69) is 36.0 Å². The third-order valence-electron chi connectivity index (χ3n) is 5.49.